The van der Waals surface area contributed by atoms with Gasteiger partial charge in [-0.3, -0.25) is 25.0 Å². The molecule has 0 unspecified atom stereocenters. The van der Waals surface area contributed by atoms with Crippen LogP contribution in [0.15, 0.2) is 64.6 Å². The van der Waals surface area contributed by atoms with E-state index in [2.05, 4.69) is 0 Å². The number of furan rings is 1. The third-order valence-electron chi connectivity index (χ3n) is 4.41. The molecular formula is C21H11F3N4O6. The van der Waals surface area contributed by atoms with E-state index in [1.165, 1.54) is 36.4 Å². The number of nitro groups is 2. The second-order valence-corrected chi connectivity index (χ2v) is 6.61. The summed E-state index contributed by atoms with van der Waals surface area (Å²) in [4.78, 5) is 32.3. The number of hydrogen-bond donors (Lipinski definition) is 1. The molecule has 13 heteroatoms. The first-order valence-corrected chi connectivity index (χ1v) is 9.13. The van der Waals surface area contributed by atoms with Crippen LogP contribution in [-0.2, 0) is 11.0 Å². The zero-order chi connectivity index (χ0) is 25.0. The van der Waals surface area contributed by atoms with Crippen molar-refractivity contribution >= 4 is 29.0 Å². The van der Waals surface area contributed by atoms with Crippen LogP contribution in [0.25, 0.3) is 17.4 Å². The Morgan fingerprint density at radius 3 is 2.18 bits per heavy atom. The normalized spacial score (nSPS) is 11.5. The number of anilines is 1. The third kappa shape index (κ3) is 5.25. The number of alkyl halides is 3. The van der Waals surface area contributed by atoms with E-state index in [4.69, 9.17) is 4.42 Å². The van der Waals surface area contributed by atoms with Gasteiger partial charge in [0, 0.05) is 35.9 Å². The maximum absolute atomic E-state index is 13.3. The fraction of sp³-hybridized carbons (Fsp3) is 0.0476. The molecule has 0 spiro atoms. The Bertz CT molecular complexity index is 1350. The molecule has 10 nitrogen and oxygen atoms in total. The number of nitrogens with one attached hydrogen (secondary N) is 1. The minimum absolute atomic E-state index is 0.0137. The van der Waals surface area contributed by atoms with Gasteiger partial charge in [-0.1, -0.05) is 0 Å². The number of nitro benzene ring substituents is 2. The quantitative estimate of drug-likeness (QED) is 0.220. The molecule has 0 radical (unpaired) electrons. The molecule has 0 atom stereocenters. The second kappa shape index (κ2) is 9.25. The molecule has 0 saturated heterocycles. The van der Waals surface area contributed by atoms with Crippen molar-refractivity contribution in [3.63, 3.8) is 0 Å². The Morgan fingerprint density at radius 1 is 1.00 bits per heavy atom. The summed E-state index contributed by atoms with van der Waals surface area (Å²) in [5.41, 5.74) is -3.31. The Kier molecular flexibility index (Phi) is 6.44. The highest BCUT2D eigenvalue weighted by atomic mass is 19.4. The van der Waals surface area contributed by atoms with E-state index < -0.39 is 44.4 Å². The van der Waals surface area contributed by atoms with Crippen LogP contribution in [0.1, 0.15) is 11.3 Å². The van der Waals surface area contributed by atoms with E-state index in [0.29, 0.717) is 11.6 Å². The lowest BCUT2D eigenvalue weighted by Crippen LogP contribution is -2.18. The molecule has 0 fully saturated rings. The maximum atomic E-state index is 13.3. The maximum Gasteiger partial charge on any atom is 0.418 e. The molecule has 0 saturated carbocycles. The molecule has 172 valence electrons. The van der Waals surface area contributed by atoms with Crippen LogP contribution >= 0.6 is 0 Å². The molecule has 3 rings (SSSR count). The van der Waals surface area contributed by atoms with E-state index in [9.17, 15) is 43.5 Å². The summed E-state index contributed by atoms with van der Waals surface area (Å²) >= 11 is 0. The molecule has 0 aliphatic carbocycles. The number of non-ortho nitro benzene ring substituents is 2. The number of hydrogen-bond acceptors (Lipinski definition) is 7. The van der Waals surface area contributed by atoms with E-state index >= 15 is 0 Å². The molecule has 2 aromatic carbocycles. The van der Waals surface area contributed by atoms with Crippen molar-refractivity contribution < 1.29 is 32.2 Å². The fourth-order valence-electron chi connectivity index (χ4n) is 2.80. The summed E-state index contributed by atoms with van der Waals surface area (Å²) in [5, 5.41) is 32.7. The van der Waals surface area contributed by atoms with Gasteiger partial charge in [0.1, 0.15) is 23.2 Å². The predicted molar refractivity (Wildman–Crippen MR) is 111 cm³/mol. The van der Waals surface area contributed by atoms with Crippen molar-refractivity contribution in [2.45, 2.75) is 6.18 Å². The Balaban J connectivity index is 1.86. The lowest BCUT2D eigenvalue weighted by molar-refractivity contribution is -0.385. The van der Waals surface area contributed by atoms with Gasteiger partial charge in [-0.2, -0.15) is 18.4 Å². The average Bonchev–Trinajstić information content (AvgIpc) is 3.25. The number of carbonyl (C=O) groups excluding carboxylic acids is 1. The highest BCUT2D eigenvalue weighted by Crippen LogP contribution is 2.37. The van der Waals surface area contributed by atoms with Crippen LogP contribution in [0.2, 0.25) is 0 Å². The Morgan fingerprint density at radius 2 is 1.62 bits per heavy atom. The highest BCUT2D eigenvalue weighted by Gasteiger charge is 2.36. The van der Waals surface area contributed by atoms with Gasteiger partial charge in [-0.15, -0.1) is 0 Å². The van der Waals surface area contributed by atoms with Crippen molar-refractivity contribution in [2.75, 3.05) is 5.32 Å². The molecule has 0 aliphatic rings. The topological polar surface area (TPSA) is 152 Å². The lowest BCUT2D eigenvalue weighted by Gasteiger charge is -2.13. The molecule has 34 heavy (non-hydrogen) atoms. The first-order chi connectivity index (χ1) is 16.0. The van der Waals surface area contributed by atoms with E-state index in [1.54, 1.807) is 6.07 Å². The summed E-state index contributed by atoms with van der Waals surface area (Å²) < 4.78 is 45.4. The van der Waals surface area contributed by atoms with Crippen LogP contribution in [-0.4, -0.2) is 15.8 Å². The van der Waals surface area contributed by atoms with Crippen LogP contribution < -0.4 is 5.32 Å². The standard InChI is InChI=1S/C21H11F3N4O6/c22-21(23,24)17-10-15(28(32)33)5-7-18(17)26-20(29)13(11-25)9-16-6-8-19(34-16)12-1-3-14(4-2-12)27(30)31/h1-10H,(H,26,29)/b13-9+. The number of amides is 1. The molecule has 1 aromatic heterocycles. The van der Waals surface area contributed by atoms with Crippen LogP contribution in [0, 0.1) is 31.6 Å². The summed E-state index contributed by atoms with van der Waals surface area (Å²) in [5.74, 6) is -0.927. The first-order valence-electron chi connectivity index (χ1n) is 9.13. The van der Waals surface area contributed by atoms with Gasteiger partial charge >= 0.3 is 6.18 Å². The monoisotopic (exact) mass is 472 g/mol. The number of carbonyl (C=O) groups is 1. The molecular weight excluding hydrogens is 461 g/mol. The fourth-order valence-corrected chi connectivity index (χ4v) is 2.80. The molecule has 1 N–H and O–H groups in total. The number of nitrogens with zero attached hydrogens (tertiary/aromatic N) is 3. The average molecular weight is 472 g/mol. The van der Waals surface area contributed by atoms with Crippen molar-refractivity contribution in [3.05, 3.63) is 91.7 Å². The number of halogens is 3. The van der Waals surface area contributed by atoms with Gasteiger partial charge < -0.3 is 9.73 Å². The van der Waals surface area contributed by atoms with Gasteiger partial charge in [-0.05, 0) is 30.3 Å². The van der Waals surface area contributed by atoms with E-state index in [-0.39, 0.29) is 23.3 Å². The van der Waals surface area contributed by atoms with Crippen LogP contribution in [0.3, 0.4) is 0 Å². The first kappa shape index (κ1) is 23.7. The van der Waals surface area contributed by atoms with E-state index in [1.807, 2.05) is 5.32 Å². The van der Waals surface area contributed by atoms with Crippen molar-refractivity contribution in [1.29, 1.82) is 5.26 Å². The van der Waals surface area contributed by atoms with Gasteiger partial charge in [0.15, 0.2) is 0 Å². The number of benzene rings is 2. The Hall–Kier alpha value is -4.99. The molecule has 0 aliphatic heterocycles. The van der Waals surface area contributed by atoms with Crippen LogP contribution in [0.5, 0.6) is 0 Å². The minimum atomic E-state index is -5.01. The van der Waals surface area contributed by atoms with Crippen molar-refractivity contribution in [3.8, 4) is 17.4 Å². The van der Waals surface area contributed by atoms with Gasteiger partial charge in [0.25, 0.3) is 17.3 Å². The Labute approximate surface area is 187 Å². The largest absolute Gasteiger partial charge is 0.457 e. The van der Waals surface area contributed by atoms with Gasteiger partial charge in [0.05, 0.1) is 21.1 Å². The highest BCUT2D eigenvalue weighted by molar-refractivity contribution is 6.09. The van der Waals surface area contributed by atoms with Crippen LogP contribution in [0.4, 0.5) is 30.2 Å². The van der Waals surface area contributed by atoms with Gasteiger partial charge in [-0.25, -0.2) is 0 Å². The predicted octanol–water partition coefficient (Wildman–Crippen LogP) is 5.33. The summed E-state index contributed by atoms with van der Waals surface area (Å²) in [7, 11) is 0. The lowest BCUT2D eigenvalue weighted by atomic mass is 10.1. The smallest absolute Gasteiger partial charge is 0.418 e. The summed E-state index contributed by atoms with van der Waals surface area (Å²) in [6, 6.07) is 11.5. The third-order valence-corrected chi connectivity index (χ3v) is 4.41. The number of nitriles is 1. The molecule has 1 amide bonds. The minimum Gasteiger partial charge on any atom is -0.457 e. The van der Waals surface area contributed by atoms with E-state index in [0.717, 1.165) is 12.1 Å². The van der Waals surface area contributed by atoms with Gasteiger partial charge in [0.2, 0.25) is 0 Å². The SMILES string of the molecule is N#C/C(=C\c1ccc(-c2ccc([N+](=O)[O-])cc2)o1)C(=O)Nc1ccc([N+](=O)[O-])cc1C(F)(F)F. The summed E-state index contributed by atoms with van der Waals surface area (Å²) in [6.07, 6.45) is -4.02. The second-order valence-electron chi connectivity index (χ2n) is 6.61. The van der Waals surface area contributed by atoms with Crippen molar-refractivity contribution in [1.82, 2.24) is 0 Å². The zero-order valence-electron chi connectivity index (χ0n) is 16.7. The zero-order valence-corrected chi connectivity index (χ0v) is 16.7. The van der Waals surface area contributed by atoms with Crippen molar-refractivity contribution in [2.24, 2.45) is 0 Å². The molecule has 3 aromatic rings. The summed E-state index contributed by atoms with van der Waals surface area (Å²) in [6.45, 7) is 0. The molecule has 1 heterocycles. The number of rotatable bonds is 6. The molecule has 0 bridgehead atoms.